The fourth-order valence-corrected chi connectivity index (χ4v) is 0. The van der Waals surface area contributed by atoms with E-state index in [1.807, 2.05) is 0 Å². The Morgan fingerprint density at radius 2 is 0.545 bits per heavy atom. The Labute approximate surface area is 115 Å². The van der Waals surface area contributed by atoms with Crippen molar-refractivity contribution >= 4 is 26.3 Å². The molecule has 0 bridgehead atoms. The normalized spacial score (nSPS) is 10.8. The first-order valence-corrected chi connectivity index (χ1v) is 3.68. The fraction of sp³-hybridized carbons (Fsp3) is 0.500. The van der Waals surface area contributed by atoms with E-state index in [9.17, 15) is 39.5 Å². The molecule has 0 aliphatic heterocycles. The molecule has 6 nitrogen and oxygen atoms in total. The van der Waals surface area contributed by atoms with Crippen LogP contribution < -0.4 is 15.3 Å². The second kappa shape index (κ2) is 9.72. The molecule has 16 heteroatoms. The quantitative estimate of drug-likeness (QED) is 0.352. The monoisotopic (exact) mass is 350 g/mol. The molecular weight excluding hydrogens is 350 g/mol. The van der Waals surface area contributed by atoms with Crippen molar-refractivity contribution in [1.82, 2.24) is 0 Å². The molecule has 0 aromatic heterocycles. The van der Waals surface area contributed by atoms with Crippen molar-refractivity contribution in [2.45, 2.75) is 18.5 Å². The van der Waals surface area contributed by atoms with Gasteiger partial charge in [-0.05, 0) is 0 Å². The number of carboxylic acid groups (broad SMARTS) is 3. The fourth-order valence-electron chi connectivity index (χ4n) is 0. The third-order valence-electron chi connectivity index (χ3n) is 0.694. The van der Waals surface area contributed by atoms with Crippen molar-refractivity contribution < 1.29 is 69.2 Å². The molecule has 0 heterocycles. The van der Waals surface area contributed by atoms with Crippen molar-refractivity contribution in [2.24, 2.45) is 0 Å². The van der Waals surface area contributed by atoms with Crippen molar-refractivity contribution in [3.05, 3.63) is 0 Å². The Balaban J connectivity index is -0.000000108. The van der Waals surface area contributed by atoms with E-state index in [4.69, 9.17) is 29.7 Å². The van der Waals surface area contributed by atoms with Gasteiger partial charge in [-0.25, -0.2) is 0 Å². The number of aliphatic carboxylic acids is 3. The Hall–Kier alpha value is -2.16. The van der Waals surface area contributed by atoms with Gasteiger partial charge in [0.15, 0.2) is 0 Å². The van der Waals surface area contributed by atoms with Gasteiger partial charge in [-0.2, -0.15) is 39.5 Å². The largest absolute Gasteiger partial charge is 3.00 e. The van der Waals surface area contributed by atoms with Crippen LogP contribution in [0.1, 0.15) is 0 Å². The summed E-state index contributed by atoms with van der Waals surface area (Å²) in [6, 6.07) is 0. The van der Waals surface area contributed by atoms with Crippen molar-refractivity contribution in [3.63, 3.8) is 0 Å². The predicted octanol–water partition coefficient (Wildman–Crippen LogP) is -2.49. The van der Waals surface area contributed by atoms with Crippen molar-refractivity contribution in [1.29, 1.82) is 0 Å². The maximum atomic E-state index is 10.5. The topological polar surface area (TPSA) is 120 Å². The van der Waals surface area contributed by atoms with Crippen LogP contribution in [-0.4, -0.2) is 44.8 Å². The second-order valence-corrected chi connectivity index (χ2v) is 2.36. The van der Waals surface area contributed by atoms with E-state index >= 15 is 0 Å². The first kappa shape index (κ1) is 28.1. The summed E-state index contributed by atoms with van der Waals surface area (Å²) in [5.41, 5.74) is 0. The first-order chi connectivity index (χ1) is 8.83. The molecule has 0 saturated carbocycles. The number of halogens is 9. The van der Waals surface area contributed by atoms with E-state index in [1.165, 1.54) is 0 Å². The second-order valence-electron chi connectivity index (χ2n) is 2.36. The molecule has 0 fully saturated rings. The summed E-state index contributed by atoms with van der Waals surface area (Å²) < 4.78 is 94.6. The van der Waals surface area contributed by atoms with Gasteiger partial charge in [-0.15, -0.1) is 0 Å². The molecule has 0 N–H and O–H groups in total. The van der Waals surface area contributed by atoms with Crippen molar-refractivity contribution in [3.8, 4) is 0 Å². The van der Waals surface area contributed by atoms with Gasteiger partial charge in [0.25, 0.3) is 0 Å². The van der Waals surface area contributed by atoms with Gasteiger partial charge >= 0.3 is 26.9 Å². The number of hydrogen-bond acceptors (Lipinski definition) is 6. The predicted molar refractivity (Wildman–Crippen MR) is 38.9 cm³/mol. The molecule has 0 unspecified atom stereocenters. The minimum Gasteiger partial charge on any atom is -0.542 e. The van der Waals surface area contributed by atoms with Gasteiger partial charge in [0.1, 0.15) is 17.9 Å². The zero-order chi connectivity index (χ0) is 18.2. The maximum Gasteiger partial charge on any atom is 3.00 e. The Bertz CT molecular complexity index is 313. The van der Waals surface area contributed by atoms with Gasteiger partial charge < -0.3 is 29.7 Å². The van der Waals surface area contributed by atoms with Crippen LogP contribution in [0.25, 0.3) is 0 Å². The molecule has 0 aliphatic rings. The van der Waals surface area contributed by atoms with Gasteiger partial charge in [-0.3, -0.25) is 0 Å². The molecule has 0 aliphatic carbocycles. The Morgan fingerprint density at radius 3 is 0.545 bits per heavy atom. The van der Waals surface area contributed by atoms with Crippen LogP contribution in [0.3, 0.4) is 0 Å². The summed E-state index contributed by atoms with van der Waals surface area (Å²) in [7, 11) is 0. The molecule has 0 saturated heterocycles. The smallest absolute Gasteiger partial charge is 0.542 e. The van der Waals surface area contributed by atoms with E-state index in [1.54, 1.807) is 0 Å². The molecule has 0 rings (SSSR count). The number of carboxylic acids is 3. The number of rotatable bonds is 0. The van der Waals surface area contributed by atoms with Crippen LogP contribution in [0.4, 0.5) is 39.5 Å². The van der Waals surface area contributed by atoms with E-state index in [0.717, 1.165) is 0 Å². The van der Waals surface area contributed by atoms with Crippen LogP contribution in [-0.2, 0) is 14.4 Å². The zero-order valence-electron chi connectivity index (χ0n) is 9.43. The number of carbonyl (C=O) groups excluding carboxylic acids is 3. The Morgan fingerprint density at radius 1 is 0.500 bits per heavy atom. The summed E-state index contributed by atoms with van der Waals surface area (Å²) in [6.07, 6.45) is -15.6. The number of alkyl halides is 9. The van der Waals surface area contributed by atoms with Gasteiger partial charge in [0, 0.05) is 0 Å². The van der Waals surface area contributed by atoms with Crippen LogP contribution >= 0.6 is 0 Å². The standard InChI is InChI=1S/3C2HF3O2.B/c3*3-2(4,5)1(6)7;/h3*(H,6,7);/q;;;+3/p-3. The van der Waals surface area contributed by atoms with Gasteiger partial charge in [0.2, 0.25) is 0 Å². The van der Waals surface area contributed by atoms with Crippen LogP contribution in [0, 0.1) is 0 Å². The summed E-state index contributed by atoms with van der Waals surface area (Å²) in [4.78, 5) is 26.4. The van der Waals surface area contributed by atoms with Crippen LogP contribution in [0.15, 0.2) is 0 Å². The molecule has 0 atom stereocenters. The zero-order valence-corrected chi connectivity index (χ0v) is 9.43. The average molecular weight is 350 g/mol. The number of hydrogen-bond donors (Lipinski definition) is 0. The summed E-state index contributed by atoms with van der Waals surface area (Å²) >= 11 is 0. The third kappa shape index (κ3) is 20.2. The van der Waals surface area contributed by atoms with Gasteiger partial charge in [0.05, 0.1) is 0 Å². The molecular formula is C6BF9O6. The summed E-state index contributed by atoms with van der Waals surface area (Å²) in [6.45, 7) is 0. The summed E-state index contributed by atoms with van der Waals surface area (Å²) in [5.74, 6) is -9.02. The first-order valence-electron chi connectivity index (χ1n) is 3.68. The minimum absolute atomic E-state index is 0. The van der Waals surface area contributed by atoms with Crippen LogP contribution in [0.2, 0.25) is 0 Å². The molecule has 0 aromatic carbocycles. The van der Waals surface area contributed by atoms with Crippen LogP contribution in [0.5, 0.6) is 0 Å². The molecule has 0 spiro atoms. The summed E-state index contributed by atoms with van der Waals surface area (Å²) in [5, 5.41) is 26.4. The average Bonchev–Trinajstić information content (AvgIpc) is 2.14. The van der Waals surface area contributed by atoms with E-state index in [0.29, 0.717) is 0 Å². The minimum atomic E-state index is -5.19. The SMILES string of the molecule is O=C([O-])C(F)(F)F.O=C([O-])C(F)(F)F.O=C([O-])C(F)(F)F.[B+3]. The number of carbonyl (C=O) groups is 3. The third-order valence-corrected chi connectivity index (χ3v) is 0.694. The van der Waals surface area contributed by atoms with E-state index in [2.05, 4.69) is 0 Å². The van der Waals surface area contributed by atoms with Crippen molar-refractivity contribution in [2.75, 3.05) is 0 Å². The molecule has 22 heavy (non-hydrogen) atoms. The molecule has 0 amide bonds. The maximum absolute atomic E-state index is 10.5. The van der Waals surface area contributed by atoms with E-state index < -0.39 is 36.4 Å². The van der Waals surface area contributed by atoms with Gasteiger partial charge in [-0.1, -0.05) is 0 Å². The van der Waals surface area contributed by atoms with E-state index in [-0.39, 0.29) is 8.41 Å². The molecule has 126 valence electrons. The molecule has 0 aromatic rings. The molecule has 0 radical (unpaired) electrons. The Kier molecular flexibility index (Phi) is 12.4.